The molecule has 29 heavy (non-hydrogen) atoms. The highest BCUT2D eigenvalue weighted by atomic mass is 16.1. The first kappa shape index (κ1) is 19.5. The van der Waals surface area contributed by atoms with Crippen LogP contribution in [0.25, 0.3) is 11.0 Å². The molecule has 0 N–H and O–H groups in total. The molecule has 4 rings (SSSR count). The minimum Gasteiger partial charge on any atom is -0.356 e. The molecular formula is C22H28N6O. The Kier molecular flexibility index (Phi) is 5.06. The number of hydrogen-bond donors (Lipinski definition) is 0. The Hall–Kier alpha value is -2.83. The second-order valence-electron chi connectivity index (χ2n) is 8.89. The van der Waals surface area contributed by atoms with E-state index in [9.17, 15) is 4.79 Å². The Morgan fingerprint density at radius 1 is 1.10 bits per heavy atom. The molecule has 0 radical (unpaired) electrons. The van der Waals surface area contributed by atoms with Gasteiger partial charge in [-0.25, -0.2) is 19.6 Å². The molecule has 3 aromatic rings. The quantitative estimate of drug-likeness (QED) is 0.682. The van der Waals surface area contributed by atoms with Gasteiger partial charge in [0.05, 0.1) is 11.1 Å². The molecule has 0 spiro atoms. The fourth-order valence-electron chi connectivity index (χ4n) is 3.85. The molecule has 0 unspecified atom stereocenters. The summed E-state index contributed by atoms with van der Waals surface area (Å²) in [5, 5.41) is 5.62. The van der Waals surface area contributed by atoms with E-state index < -0.39 is 0 Å². The number of piperidine rings is 1. The molecule has 1 aliphatic rings. The summed E-state index contributed by atoms with van der Waals surface area (Å²) >= 11 is 0. The van der Waals surface area contributed by atoms with Crippen LogP contribution in [0.2, 0.25) is 0 Å². The van der Waals surface area contributed by atoms with Crippen LogP contribution in [0, 0.1) is 12.8 Å². The smallest absolute Gasteiger partial charge is 0.266 e. The van der Waals surface area contributed by atoms with Crippen LogP contribution in [0.3, 0.4) is 0 Å². The van der Waals surface area contributed by atoms with E-state index in [1.807, 2.05) is 25.1 Å². The van der Waals surface area contributed by atoms with Gasteiger partial charge in [0.2, 0.25) is 0 Å². The minimum atomic E-state index is -0.0707. The molecule has 0 atom stereocenters. The molecule has 1 fully saturated rings. The minimum absolute atomic E-state index is 0.0241. The van der Waals surface area contributed by atoms with E-state index in [-0.39, 0.29) is 11.0 Å². The number of pyridine rings is 1. The number of nitrogens with zero attached hydrogens (tertiary/aromatic N) is 6. The highest BCUT2D eigenvalue weighted by Gasteiger charge is 2.24. The van der Waals surface area contributed by atoms with Crippen LogP contribution in [0.4, 0.5) is 5.82 Å². The fraction of sp³-hybridized carbons (Fsp3) is 0.500. The summed E-state index contributed by atoms with van der Waals surface area (Å²) < 4.78 is 1.65. The van der Waals surface area contributed by atoms with E-state index in [2.05, 4.69) is 40.7 Å². The van der Waals surface area contributed by atoms with Crippen molar-refractivity contribution in [2.24, 2.45) is 5.92 Å². The Morgan fingerprint density at radius 3 is 2.59 bits per heavy atom. The molecule has 0 aromatic carbocycles. The SMILES string of the molecule is Cc1nc(N2CCC(Cn3nc(C(C)(C)C)ccc3=O)CC2)c2cccnc2n1. The third-order valence-electron chi connectivity index (χ3n) is 5.54. The first-order valence-corrected chi connectivity index (χ1v) is 10.2. The summed E-state index contributed by atoms with van der Waals surface area (Å²) in [6.07, 6.45) is 3.76. The predicted molar refractivity (Wildman–Crippen MR) is 114 cm³/mol. The maximum absolute atomic E-state index is 12.3. The Morgan fingerprint density at radius 2 is 1.86 bits per heavy atom. The molecule has 1 saturated heterocycles. The van der Waals surface area contributed by atoms with Gasteiger partial charge in [-0.1, -0.05) is 20.8 Å². The standard InChI is InChI=1S/C22H28N6O/c1-15-24-20-17(6-5-11-23-20)21(25-15)27-12-9-16(10-13-27)14-28-19(29)8-7-18(26-28)22(2,3)4/h5-8,11,16H,9-10,12-14H2,1-4H3. The van der Waals surface area contributed by atoms with Crippen LogP contribution >= 0.6 is 0 Å². The molecule has 0 bridgehead atoms. The summed E-state index contributed by atoms with van der Waals surface area (Å²) in [4.78, 5) is 28.1. The summed E-state index contributed by atoms with van der Waals surface area (Å²) in [6.45, 7) is 10.7. The van der Waals surface area contributed by atoms with Gasteiger partial charge in [0, 0.05) is 37.3 Å². The molecule has 4 heterocycles. The zero-order valence-corrected chi connectivity index (χ0v) is 17.6. The van der Waals surface area contributed by atoms with Gasteiger partial charge in [0.1, 0.15) is 11.6 Å². The highest BCUT2D eigenvalue weighted by Crippen LogP contribution is 2.28. The maximum Gasteiger partial charge on any atom is 0.266 e. The van der Waals surface area contributed by atoms with Gasteiger partial charge in [-0.3, -0.25) is 4.79 Å². The van der Waals surface area contributed by atoms with Crippen LogP contribution in [0.1, 0.15) is 45.1 Å². The largest absolute Gasteiger partial charge is 0.356 e. The van der Waals surface area contributed by atoms with Crippen molar-refractivity contribution < 1.29 is 0 Å². The lowest BCUT2D eigenvalue weighted by Gasteiger charge is -2.33. The lowest BCUT2D eigenvalue weighted by atomic mass is 9.92. The molecule has 7 nitrogen and oxygen atoms in total. The van der Waals surface area contributed by atoms with E-state index in [0.29, 0.717) is 12.5 Å². The van der Waals surface area contributed by atoms with Gasteiger partial charge in [0.25, 0.3) is 5.56 Å². The maximum atomic E-state index is 12.3. The van der Waals surface area contributed by atoms with Crippen LogP contribution in [-0.2, 0) is 12.0 Å². The van der Waals surface area contributed by atoms with Gasteiger partial charge in [-0.15, -0.1) is 0 Å². The van der Waals surface area contributed by atoms with Crippen LogP contribution in [0.5, 0.6) is 0 Å². The van der Waals surface area contributed by atoms with Crippen LogP contribution in [-0.4, -0.2) is 37.8 Å². The van der Waals surface area contributed by atoms with Crippen molar-refractivity contribution >= 4 is 16.9 Å². The molecule has 1 aliphatic heterocycles. The lowest BCUT2D eigenvalue weighted by molar-refractivity contribution is 0.329. The number of hydrogen-bond acceptors (Lipinski definition) is 6. The number of anilines is 1. The average molecular weight is 393 g/mol. The van der Waals surface area contributed by atoms with E-state index in [1.165, 1.54) is 0 Å². The molecule has 3 aromatic heterocycles. The molecule has 0 aliphatic carbocycles. The van der Waals surface area contributed by atoms with Crippen molar-refractivity contribution in [3.8, 4) is 0 Å². The highest BCUT2D eigenvalue weighted by molar-refractivity contribution is 5.86. The van der Waals surface area contributed by atoms with Crippen LogP contribution < -0.4 is 10.5 Å². The molecular weight excluding hydrogens is 364 g/mol. The number of aryl methyl sites for hydroxylation is 1. The van der Waals surface area contributed by atoms with E-state index in [4.69, 9.17) is 4.98 Å². The summed E-state index contributed by atoms with van der Waals surface area (Å²) in [5.41, 5.74) is 1.60. The lowest BCUT2D eigenvalue weighted by Crippen LogP contribution is -2.38. The Bertz CT molecular complexity index is 1080. The number of fused-ring (bicyclic) bond motifs is 1. The van der Waals surface area contributed by atoms with Gasteiger partial charge in [0.15, 0.2) is 5.65 Å². The van der Waals surface area contributed by atoms with Gasteiger partial charge in [-0.2, -0.15) is 5.10 Å². The summed E-state index contributed by atoms with van der Waals surface area (Å²) in [5.74, 6) is 2.13. The van der Waals surface area contributed by atoms with Crippen molar-refractivity contribution in [3.05, 3.63) is 52.3 Å². The summed E-state index contributed by atoms with van der Waals surface area (Å²) in [7, 11) is 0. The molecule has 152 valence electrons. The van der Waals surface area contributed by atoms with Crippen molar-refractivity contribution in [1.29, 1.82) is 0 Å². The van der Waals surface area contributed by atoms with Crippen molar-refractivity contribution in [2.75, 3.05) is 18.0 Å². The average Bonchev–Trinajstić information content (AvgIpc) is 2.69. The first-order valence-electron chi connectivity index (χ1n) is 10.2. The third kappa shape index (κ3) is 4.13. The monoisotopic (exact) mass is 392 g/mol. The normalized spacial score (nSPS) is 15.8. The first-order chi connectivity index (χ1) is 13.8. The molecule has 0 saturated carbocycles. The van der Waals surface area contributed by atoms with Crippen molar-refractivity contribution in [3.63, 3.8) is 0 Å². The Balaban J connectivity index is 1.49. The predicted octanol–water partition coefficient (Wildman–Crippen LogP) is 3.10. The van der Waals surface area contributed by atoms with Crippen molar-refractivity contribution in [1.82, 2.24) is 24.7 Å². The van der Waals surface area contributed by atoms with Gasteiger partial charge in [-0.05, 0) is 43.9 Å². The van der Waals surface area contributed by atoms with Gasteiger partial charge < -0.3 is 4.90 Å². The Labute approximate surface area is 170 Å². The fourth-order valence-corrected chi connectivity index (χ4v) is 3.85. The number of aromatic nitrogens is 5. The van der Waals surface area contributed by atoms with Gasteiger partial charge >= 0.3 is 0 Å². The van der Waals surface area contributed by atoms with Crippen LogP contribution in [0.15, 0.2) is 35.3 Å². The second kappa shape index (κ2) is 7.54. The molecule has 7 heteroatoms. The topological polar surface area (TPSA) is 76.8 Å². The third-order valence-corrected chi connectivity index (χ3v) is 5.54. The van der Waals surface area contributed by atoms with E-state index in [1.54, 1.807) is 16.9 Å². The van der Waals surface area contributed by atoms with E-state index >= 15 is 0 Å². The number of rotatable bonds is 3. The zero-order chi connectivity index (χ0) is 20.6. The zero-order valence-electron chi connectivity index (χ0n) is 17.6. The van der Waals surface area contributed by atoms with E-state index in [0.717, 1.165) is 54.3 Å². The van der Waals surface area contributed by atoms with Crippen molar-refractivity contribution in [2.45, 2.75) is 52.5 Å². The second-order valence-corrected chi connectivity index (χ2v) is 8.89. The molecule has 0 amide bonds. The summed E-state index contributed by atoms with van der Waals surface area (Å²) in [6, 6.07) is 7.45.